The predicted molar refractivity (Wildman–Crippen MR) is 108 cm³/mol. The van der Waals surface area contributed by atoms with Crippen molar-refractivity contribution in [2.45, 2.75) is 26.3 Å². The van der Waals surface area contributed by atoms with E-state index in [0.717, 1.165) is 24.3 Å². The molecule has 8 nitrogen and oxygen atoms in total. The van der Waals surface area contributed by atoms with Gasteiger partial charge in [0.15, 0.2) is 5.11 Å². The van der Waals surface area contributed by atoms with Crippen LogP contribution in [0.15, 0.2) is 33.9 Å². The third kappa shape index (κ3) is 4.23. The molecule has 1 aromatic heterocycles. The summed E-state index contributed by atoms with van der Waals surface area (Å²) in [7, 11) is 3.21. The minimum atomic E-state index is -0.582. The Bertz CT molecular complexity index is 889. The number of thiocarbonyl (C=S) groups is 1. The molecule has 0 saturated heterocycles. The molecule has 2 aromatic rings. The van der Waals surface area contributed by atoms with E-state index in [1.807, 2.05) is 6.92 Å². The number of benzene rings is 1. The van der Waals surface area contributed by atoms with Crippen molar-refractivity contribution in [1.82, 2.24) is 9.55 Å². The van der Waals surface area contributed by atoms with Crippen molar-refractivity contribution in [2.24, 2.45) is 0 Å². The third-order valence-electron chi connectivity index (χ3n) is 3.93. The van der Waals surface area contributed by atoms with E-state index in [1.165, 1.54) is 9.47 Å². The van der Waals surface area contributed by atoms with Gasteiger partial charge in [-0.3, -0.25) is 14.3 Å². The Labute approximate surface area is 156 Å². The molecule has 0 bridgehead atoms. The van der Waals surface area contributed by atoms with Gasteiger partial charge in [-0.05, 0) is 42.9 Å². The monoisotopic (exact) mass is 377 g/mol. The van der Waals surface area contributed by atoms with Gasteiger partial charge < -0.3 is 20.7 Å². The first-order valence-electron chi connectivity index (χ1n) is 8.20. The zero-order valence-corrected chi connectivity index (χ0v) is 15.9. The van der Waals surface area contributed by atoms with E-state index in [9.17, 15) is 9.59 Å². The van der Waals surface area contributed by atoms with E-state index in [-0.39, 0.29) is 16.6 Å². The maximum Gasteiger partial charge on any atom is 0.330 e. The number of unbranched alkanes of at least 4 members (excludes halogenated alkanes) is 1. The van der Waals surface area contributed by atoms with Gasteiger partial charge in [-0.1, -0.05) is 13.3 Å². The minimum Gasteiger partial charge on any atom is -0.497 e. The number of nitrogens with zero attached hydrogens (tertiary/aromatic N) is 2. The van der Waals surface area contributed by atoms with Crippen molar-refractivity contribution in [3.8, 4) is 5.75 Å². The molecule has 9 heteroatoms. The lowest BCUT2D eigenvalue weighted by Gasteiger charge is -2.23. The average Bonchev–Trinajstić information content (AvgIpc) is 2.61. The summed E-state index contributed by atoms with van der Waals surface area (Å²) in [6, 6.07) is 7.18. The summed E-state index contributed by atoms with van der Waals surface area (Å²) in [5, 5.41) is 3.30. The van der Waals surface area contributed by atoms with Gasteiger partial charge in [-0.25, -0.2) is 4.79 Å². The van der Waals surface area contributed by atoms with Gasteiger partial charge in [-0.15, -0.1) is 0 Å². The van der Waals surface area contributed by atoms with E-state index < -0.39 is 11.2 Å². The van der Waals surface area contributed by atoms with Crippen LogP contribution in [-0.4, -0.2) is 28.8 Å². The van der Waals surface area contributed by atoms with Gasteiger partial charge in [0.1, 0.15) is 17.3 Å². The molecule has 0 spiro atoms. The molecule has 0 saturated carbocycles. The summed E-state index contributed by atoms with van der Waals surface area (Å²) in [6.45, 7) is 2.44. The third-order valence-corrected chi connectivity index (χ3v) is 4.31. The number of anilines is 3. The Balaban J connectivity index is 2.29. The zero-order valence-electron chi connectivity index (χ0n) is 15.0. The second-order valence-electron chi connectivity index (χ2n) is 5.72. The highest BCUT2D eigenvalue weighted by molar-refractivity contribution is 7.80. The van der Waals surface area contributed by atoms with Gasteiger partial charge >= 0.3 is 5.69 Å². The fraction of sp³-hybridized carbons (Fsp3) is 0.353. The highest BCUT2D eigenvalue weighted by Crippen LogP contribution is 2.19. The summed E-state index contributed by atoms with van der Waals surface area (Å²) < 4.78 is 6.47. The van der Waals surface area contributed by atoms with Crippen LogP contribution in [-0.2, 0) is 6.54 Å². The number of methoxy groups -OCH3 is 1. The summed E-state index contributed by atoms with van der Waals surface area (Å²) in [5.41, 5.74) is 5.85. The molecular weight excluding hydrogens is 354 g/mol. The van der Waals surface area contributed by atoms with Crippen molar-refractivity contribution in [2.75, 3.05) is 30.1 Å². The number of aromatic nitrogens is 2. The lowest BCUT2D eigenvalue weighted by Crippen LogP contribution is -2.40. The molecule has 26 heavy (non-hydrogen) atoms. The topological polar surface area (TPSA) is 105 Å². The van der Waals surface area contributed by atoms with Crippen LogP contribution in [0.25, 0.3) is 0 Å². The number of nitrogens with two attached hydrogens (primary N) is 1. The molecule has 0 aliphatic carbocycles. The second kappa shape index (κ2) is 8.52. The Hall–Kier alpha value is -2.81. The number of hydrogen-bond donors (Lipinski definition) is 3. The molecule has 1 heterocycles. The van der Waals surface area contributed by atoms with Crippen molar-refractivity contribution in [3.05, 3.63) is 45.1 Å². The van der Waals surface area contributed by atoms with Gasteiger partial charge in [-0.2, -0.15) is 0 Å². The van der Waals surface area contributed by atoms with Crippen LogP contribution in [0.5, 0.6) is 5.75 Å². The standard InChI is InChI=1S/C17H23N5O3S/c1-4-5-10-22-14(18)13(15(23)20-16(22)24)21(2)17(26)19-11-6-8-12(25-3)9-7-11/h6-9H,4-5,10,18H2,1-3H3,(H,19,26)(H,20,23,24). The number of H-pyrrole nitrogens is 1. The molecule has 140 valence electrons. The van der Waals surface area contributed by atoms with Gasteiger partial charge in [0.05, 0.1) is 7.11 Å². The van der Waals surface area contributed by atoms with Crippen molar-refractivity contribution >= 4 is 34.5 Å². The Morgan fingerprint density at radius 1 is 1.35 bits per heavy atom. The smallest absolute Gasteiger partial charge is 0.330 e. The maximum absolute atomic E-state index is 12.3. The number of hydrogen-bond acceptors (Lipinski definition) is 5. The van der Waals surface area contributed by atoms with E-state index >= 15 is 0 Å². The fourth-order valence-corrected chi connectivity index (χ4v) is 2.63. The highest BCUT2D eigenvalue weighted by atomic mass is 32.1. The van der Waals surface area contributed by atoms with Crippen LogP contribution in [0.2, 0.25) is 0 Å². The molecule has 1 aromatic carbocycles. The molecule has 0 unspecified atom stereocenters. The van der Waals surface area contributed by atoms with Crippen molar-refractivity contribution in [1.29, 1.82) is 0 Å². The van der Waals surface area contributed by atoms with E-state index in [0.29, 0.717) is 6.54 Å². The summed E-state index contributed by atoms with van der Waals surface area (Å²) >= 11 is 5.37. The van der Waals surface area contributed by atoms with Crippen LogP contribution in [0.1, 0.15) is 19.8 Å². The maximum atomic E-state index is 12.3. The average molecular weight is 377 g/mol. The number of ether oxygens (including phenoxy) is 1. The molecule has 0 aliphatic heterocycles. The zero-order chi connectivity index (χ0) is 19.3. The van der Waals surface area contributed by atoms with Gasteiger partial charge in [0.2, 0.25) is 0 Å². The van der Waals surface area contributed by atoms with E-state index in [1.54, 1.807) is 38.4 Å². The molecule has 0 radical (unpaired) electrons. The second-order valence-corrected chi connectivity index (χ2v) is 6.10. The van der Waals surface area contributed by atoms with E-state index in [2.05, 4.69) is 10.3 Å². The number of nitrogen functional groups attached to an aromatic ring is 1. The first-order valence-corrected chi connectivity index (χ1v) is 8.61. The van der Waals surface area contributed by atoms with Crippen molar-refractivity contribution in [3.63, 3.8) is 0 Å². The lowest BCUT2D eigenvalue weighted by molar-refractivity contribution is 0.415. The van der Waals surface area contributed by atoms with Crippen molar-refractivity contribution < 1.29 is 4.74 Å². The first kappa shape index (κ1) is 19.5. The summed E-state index contributed by atoms with van der Waals surface area (Å²) in [6.07, 6.45) is 1.67. The molecule has 4 N–H and O–H groups in total. The molecule has 2 rings (SSSR count). The minimum absolute atomic E-state index is 0.0913. The van der Waals surface area contributed by atoms with Gasteiger partial charge in [0.25, 0.3) is 5.56 Å². The molecular formula is C17H23N5O3S. The highest BCUT2D eigenvalue weighted by Gasteiger charge is 2.18. The van der Waals surface area contributed by atoms with Gasteiger partial charge in [0, 0.05) is 19.3 Å². The van der Waals surface area contributed by atoms with Crippen LogP contribution in [0, 0.1) is 0 Å². The normalized spacial score (nSPS) is 10.4. The SMILES string of the molecule is CCCCn1c(N)c(N(C)C(=S)Nc2ccc(OC)cc2)c(=O)[nH]c1=O. The largest absolute Gasteiger partial charge is 0.497 e. The number of aromatic amines is 1. The predicted octanol–water partition coefficient (Wildman–Crippen LogP) is 1.76. The molecule has 0 fully saturated rings. The fourth-order valence-electron chi connectivity index (χ4n) is 2.42. The first-order chi connectivity index (χ1) is 12.4. The van der Waals surface area contributed by atoms with E-state index in [4.69, 9.17) is 22.7 Å². The molecule has 0 aliphatic rings. The molecule has 0 atom stereocenters. The van der Waals surface area contributed by atoms with Crippen LogP contribution in [0.4, 0.5) is 17.2 Å². The Morgan fingerprint density at radius 3 is 2.58 bits per heavy atom. The molecule has 0 amide bonds. The summed E-state index contributed by atoms with van der Waals surface area (Å²) in [5.74, 6) is 0.812. The quantitative estimate of drug-likeness (QED) is 0.659. The van der Waals surface area contributed by atoms with Crippen LogP contribution in [0.3, 0.4) is 0 Å². The van der Waals surface area contributed by atoms with Crippen LogP contribution < -0.4 is 31.9 Å². The lowest BCUT2D eigenvalue weighted by atomic mass is 10.3. The Morgan fingerprint density at radius 2 is 2.00 bits per heavy atom. The Kier molecular flexibility index (Phi) is 6.40. The summed E-state index contributed by atoms with van der Waals surface area (Å²) in [4.78, 5) is 28.0. The number of nitrogens with one attached hydrogen (secondary N) is 2. The number of rotatable bonds is 6. The van der Waals surface area contributed by atoms with Crippen LogP contribution >= 0.6 is 12.2 Å².